The number of amides is 4. The van der Waals surface area contributed by atoms with Crippen LogP contribution < -0.4 is 26.8 Å². The van der Waals surface area contributed by atoms with Gasteiger partial charge < -0.3 is 31.7 Å². The number of likely N-dealkylation sites (tertiary alicyclic amines) is 1. The number of piperidine rings is 1. The Hall–Kier alpha value is -2.81. The molecule has 0 bridgehead atoms. The molecule has 1 unspecified atom stereocenters. The normalized spacial score (nSPS) is 17.3. The number of nitrogens with two attached hydrogens (primary N) is 2. The average molecular weight is 363 g/mol. The predicted octanol–water partition coefficient (Wildman–Crippen LogP) is 0.113. The molecular weight excluding hydrogens is 338 g/mol. The lowest BCUT2D eigenvalue weighted by Gasteiger charge is -2.31. The Morgan fingerprint density at radius 3 is 2.73 bits per heavy atom. The van der Waals surface area contributed by atoms with E-state index in [0.29, 0.717) is 31.1 Å². The Kier molecular flexibility index (Phi) is 6.79. The fraction of sp³-hybridized carbons (Fsp3) is 0.471. The van der Waals surface area contributed by atoms with Crippen LogP contribution >= 0.6 is 0 Å². The number of nitrogens with zero attached hydrogens (tertiary/aromatic N) is 1. The molecule has 0 aromatic heterocycles. The minimum atomic E-state index is -0.639. The Morgan fingerprint density at radius 2 is 2.08 bits per heavy atom. The number of hydrogen-bond acceptors (Lipinski definition) is 5. The van der Waals surface area contributed by atoms with Crippen LogP contribution in [0.5, 0.6) is 5.75 Å². The monoisotopic (exact) mass is 363 g/mol. The molecule has 0 spiro atoms. The van der Waals surface area contributed by atoms with Crippen molar-refractivity contribution < 1.29 is 19.1 Å². The molecule has 142 valence electrons. The van der Waals surface area contributed by atoms with Crippen LogP contribution in [0.25, 0.3) is 0 Å². The topological polar surface area (TPSA) is 140 Å². The van der Waals surface area contributed by atoms with Gasteiger partial charge in [-0.15, -0.1) is 0 Å². The summed E-state index contributed by atoms with van der Waals surface area (Å²) in [5.41, 5.74) is 11.3. The maximum Gasteiger partial charge on any atom is 0.319 e. The maximum absolute atomic E-state index is 12.0. The van der Waals surface area contributed by atoms with Crippen molar-refractivity contribution in [3.63, 3.8) is 0 Å². The van der Waals surface area contributed by atoms with Gasteiger partial charge in [0.25, 0.3) is 5.91 Å². The largest absolute Gasteiger partial charge is 0.496 e. The number of carbonyl (C=O) groups is 3. The fourth-order valence-electron chi connectivity index (χ4n) is 2.97. The van der Waals surface area contributed by atoms with Crippen LogP contribution in [0.4, 0.5) is 10.5 Å². The number of methoxy groups -OCH3 is 1. The van der Waals surface area contributed by atoms with Gasteiger partial charge in [0.1, 0.15) is 5.75 Å². The van der Waals surface area contributed by atoms with Crippen molar-refractivity contribution in [1.29, 1.82) is 0 Å². The van der Waals surface area contributed by atoms with Crippen LogP contribution in [-0.2, 0) is 4.79 Å². The second-order valence-corrected chi connectivity index (χ2v) is 6.20. The number of primary amides is 2. The third-order valence-corrected chi connectivity index (χ3v) is 4.34. The number of urea groups is 1. The van der Waals surface area contributed by atoms with E-state index in [1.165, 1.54) is 13.2 Å². The predicted molar refractivity (Wildman–Crippen MR) is 96.9 cm³/mol. The number of anilines is 1. The van der Waals surface area contributed by atoms with Gasteiger partial charge in [-0.2, -0.15) is 0 Å². The third-order valence-electron chi connectivity index (χ3n) is 4.34. The van der Waals surface area contributed by atoms with E-state index in [1.54, 1.807) is 12.1 Å². The number of ether oxygens (including phenoxy) is 1. The molecule has 2 rings (SSSR count). The molecule has 9 nitrogen and oxygen atoms in total. The number of rotatable bonds is 7. The summed E-state index contributed by atoms with van der Waals surface area (Å²) in [4.78, 5) is 36.8. The standard InChI is InChI=1S/C17H25N5O4/c1-26-14-5-4-12(9-13(14)16(19)24)21-17(25)20-6-8-22-7-2-3-11(10-22)15(18)23/h4-5,9,11H,2-3,6-8,10H2,1H3,(H2,18,23)(H2,19,24)(H2,20,21,25). The highest BCUT2D eigenvalue weighted by Gasteiger charge is 2.23. The lowest BCUT2D eigenvalue weighted by molar-refractivity contribution is -0.123. The summed E-state index contributed by atoms with van der Waals surface area (Å²) in [6, 6.07) is 4.25. The molecule has 4 amide bonds. The van der Waals surface area contributed by atoms with E-state index in [2.05, 4.69) is 15.5 Å². The van der Waals surface area contributed by atoms with Crippen molar-refractivity contribution in [2.75, 3.05) is 38.6 Å². The molecule has 1 fully saturated rings. The fourth-order valence-corrected chi connectivity index (χ4v) is 2.97. The van der Waals surface area contributed by atoms with Crippen molar-refractivity contribution in [3.05, 3.63) is 23.8 Å². The highest BCUT2D eigenvalue weighted by Crippen LogP contribution is 2.22. The highest BCUT2D eigenvalue weighted by molar-refractivity contribution is 5.98. The molecule has 0 radical (unpaired) electrons. The summed E-state index contributed by atoms with van der Waals surface area (Å²) in [5.74, 6) is -0.688. The molecule has 0 saturated carbocycles. The Labute approximate surface area is 152 Å². The molecule has 1 aromatic carbocycles. The Morgan fingerprint density at radius 1 is 1.31 bits per heavy atom. The van der Waals surface area contributed by atoms with Gasteiger partial charge in [-0.05, 0) is 37.6 Å². The summed E-state index contributed by atoms with van der Waals surface area (Å²) in [6.07, 6.45) is 1.74. The summed E-state index contributed by atoms with van der Waals surface area (Å²) >= 11 is 0. The van der Waals surface area contributed by atoms with Gasteiger partial charge in [-0.3, -0.25) is 9.59 Å². The van der Waals surface area contributed by atoms with Gasteiger partial charge in [0.2, 0.25) is 5.91 Å². The van der Waals surface area contributed by atoms with Crippen LogP contribution in [0.1, 0.15) is 23.2 Å². The first-order chi connectivity index (χ1) is 12.4. The lowest BCUT2D eigenvalue weighted by atomic mass is 9.97. The smallest absolute Gasteiger partial charge is 0.319 e. The van der Waals surface area contributed by atoms with Gasteiger partial charge in [-0.1, -0.05) is 0 Å². The van der Waals surface area contributed by atoms with Crippen LogP contribution in [0.2, 0.25) is 0 Å². The van der Waals surface area contributed by atoms with Gasteiger partial charge in [0.15, 0.2) is 0 Å². The van der Waals surface area contributed by atoms with Gasteiger partial charge in [-0.25, -0.2) is 4.79 Å². The lowest BCUT2D eigenvalue weighted by Crippen LogP contribution is -2.44. The van der Waals surface area contributed by atoms with Gasteiger partial charge in [0.05, 0.1) is 18.6 Å². The Balaban J connectivity index is 1.81. The molecule has 6 N–H and O–H groups in total. The number of carbonyl (C=O) groups excluding carboxylic acids is 3. The molecule has 1 aliphatic heterocycles. The number of nitrogens with one attached hydrogen (secondary N) is 2. The average Bonchev–Trinajstić information content (AvgIpc) is 2.61. The molecule has 1 aromatic rings. The third kappa shape index (κ3) is 5.35. The first-order valence-electron chi connectivity index (χ1n) is 8.45. The van der Waals surface area contributed by atoms with Crippen molar-refractivity contribution in [1.82, 2.24) is 10.2 Å². The second kappa shape index (κ2) is 9.04. The zero-order chi connectivity index (χ0) is 19.1. The zero-order valence-corrected chi connectivity index (χ0v) is 14.8. The maximum atomic E-state index is 12.0. The van der Waals surface area contributed by atoms with Crippen LogP contribution in [0, 0.1) is 5.92 Å². The van der Waals surface area contributed by atoms with Crippen molar-refractivity contribution in [2.24, 2.45) is 17.4 Å². The molecule has 1 heterocycles. The summed E-state index contributed by atoms with van der Waals surface area (Å²) in [6.45, 7) is 2.56. The minimum Gasteiger partial charge on any atom is -0.496 e. The van der Waals surface area contributed by atoms with Crippen LogP contribution in [0.15, 0.2) is 18.2 Å². The SMILES string of the molecule is COc1ccc(NC(=O)NCCN2CCCC(C(N)=O)C2)cc1C(N)=O. The molecule has 0 aliphatic carbocycles. The highest BCUT2D eigenvalue weighted by atomic mass is 16.5. The summed E-state index contributed by atoms with van der Waals surface area (Å²) in [7, 11) is 1.44. The summed E-state index contributed by atoms with van der Waals surface area (Å²) < 4.78 is 5.06. The van der Waals surface area contributed by atoms with E-state index in [4.69, 9.17) is 16.2 Å². The molecule has 26 heavy (non-hydrogen) atoms. The zero-order valence-electron chi connectivity index (χ0n) is 14.8. The Bertz CT molecular complexity index is 679. The van der Waals surface area contributed by atoms with Gasteiger partial charge >= 0.3 is 6.03 Å². The van der Waals surface area contributed by atoms with E-state index in [9.17, 15) is 14.4 Å². The van der Waals surface area contributed by atoms with E-state index >= 15 is 0 Å². The van der Waals surface area contributed by atoms with Crippen molar-refractivity contribution in [2.45, 2.75) is 12.8 Å². The molecular formula is C17H25N5O4. The minimum absolute atomic E-state index is 0.121. The van der Waals surface area contributed by atoms with Crippen LogP contribution in [-0.4, -0.2) is 56.0 Å². The molecule has 9 heteroatoms. The van der Waals surface area contributed by atoms with E-state index in [-0.39, 0.29) is 17.4 Å². The summed E-state index contributed by atoms with van der Waals surface area (Å²) in [5, 5.41) is 5.39. The van der Waals surface area contributed by atoms with Crippen LogP contribution in [0.3, 0.4) is 0 Å². The molecule has 1 aliphatic rings. The van der Waals surface area contributed by atoms with E-state index in [0.717, 1.165) is 19.4 Å². The van der Waals surface area contributed by atoms with E-state index < -0.39 is 11.9 Å². The number of hydrogen-bond donors (Lipinski definition) is 4. The number of benzene rings is 1. The van der Waals surface area contributed by atoms with Gasteiger partial charge in [0, 0.05) is 25.3 Å². The molecule has 1 atom stereocenters. The second-order valence-electron chi connectivity index (χ2n) is 6.20. The first-order valence-corrected chi connectivity index (χ1v) is 8.45. The molecule has 1 saturated heterocycles. The van der Waals surface area contributed by atoms with Crippen molar-refractivity contribution >= 4 is 23.5 Å². The first kappa shape index (κ1) is 19.5. The van der Waals surface area contributed by atoms with E-state index in [1.807, 2.05) is 0 Å². The van der Waals surface area contributed by atoms with Crippen molar-refractivity contribution in [3.8, 4) is 5.75 Å². The quantitative estimate of drug-likeness (QED) is 0.544.